The van der Waals surface area contributed by atoms with Gasteiger partial charge in [-0.25, -0.2) is 0 Å². The van der Waals surface area contributed by atoms with Crippen LogP contribution in [0, 0.1) is 0 Å². The number of halogens is 1. The van der Waals surface area contributed by atoms with Crippen LogP contribution >= 0.6 is 12.4 Å². The molecule has 0 fully saturated rings. The van der Waals surface area contributed by atoms with Crippen molar-refractivity contribution in [2.75, 3.05) is 0 Å². The summed E-state index contributed by atoms with van der Waals surface area (Å²) >= 11 is 0. The minimum absolute atomic E-state index is 0. The molecule has 0 bridgehead atoms. The summed E-state index contributed by atoms with van der Waals surface area (Å²) in [5.41, 5.74) is 0. The fraction of sp³-hybridized carbons (Fsp3) is 0. The zero-order valence-electron chi connectivity index (χ0n) is 5.12. The van der Waals surface area contributed by atoms with E-state index in [9.17, 15) is 0 Å². The van der Waals surface area contributed by atoms with E-state index in [2.05, 4.69) is 0 Å². The van der Waals surface area contributed by atoms with Crippen molar-refractivity contribution in [3.63, 3.8) is 0 Å². The fourth-order valence-corrected chi connectivity index (χ4v) is 0. The van der Waals surface area contributed by atoms with Gasteiger partial charge in [0.2, 0.25) is 0 Å². The van der Waals surface area contributed by atoms with Gasteiger partial charge in [-0.2, -0.15) is 0 Å². The predicted molar refractivity (Wildman–Crippen MR) is 9.47 cm³/mol. The third kappa shape index (κ3) is 8.87. The Morgan fingerprint density at radius 2 is 1.00 bits per heavy atom. The van der Waals surface area contributed by atoms with Gasteiger partial charge in [-0.3, -0.25) is 0 Å². The van der Waals surface area contributed by atoms with E-state index >= 15 is 0 Å². The minimum Gasteiger partial charge on any atom is -1.00 e. The van der Waals surface area contributed by atoms with Crippen molar-refractivity contribution in [2.45, 2.75) is 0 Å². The first kappa shape index (κ1) is 28.5. The average molecular weight is 150 g/mol. The summed E-state index contributed by atoms with van der Waals surface area (Å²) in [6.07, 6.45) is 0. The van der Waals surface area contributed by atoms with Crippen LogP contribution in [-0.4, -0.2) is 0 Å². The van der Waals surface area contributed by atoms with Gasteiger partial charge in [-0.05, 0) is 0 Å². The quantitative estimate of drug-likeness (QED) is 0.302. The standard InChI is InChI=1S/ClH.2Na.Zn.2H/h1H;;;;;/q;2*+1;;2*-1. The monoisotopic (exact) mass is 148 g/mol. The van der Waals surface area contributed by atoms with E-state index in [4.69, 9.17) is 0 Å². The van der Waals surface area contributed by atoms with Crippen molar-refractivity contribution < 1.29 is 81.4 Å². The van der Waals surface area contributed by atoms with Crippen LogP contribution in [0.1, 0.15) is 2.85 Å². The van der Waals surface area contributed by atoms with Crippen molar-refractivity contribution in [1.82, 2.24) is 0 Å². The maximum atomic E-state index is 0. The van der Waals surface area contributed by atoms with Crippen LogP contribution < -0.4 is 59.1 Å². The molecule has 0 saturated heterocycles. The van der Waals surface area contributed by atoms with Crippen LogP contribution in [0.3, 0.4) is 0 Å². The van der Waals surface area contributed by atoms with Crippen LogP contribution in [0.5, 0.6) is 0 Å². The molecule has 0 aromatic carbocycles. The molecule has 0 aromatic heterocycles. The smallest absolute Gasteiger partial charge is 1.00 e. The van der Waals surface area contributed by atoms with Gasteiger partial charge in [0.05, 0.1) is 0 Å². The first-order chi connectivity index (χ1) is 0. The molecule has 0 nitrogen and oxygen atoms in total. The molecular weight excluding hydrogens is 147 g/mol. The molecule has 0 aliphatic heterocycles. The van der Waals surface area contributed by atoms with Gasteiger partial charge in [0, 0.05) is 19.5 Å². The summed E-state index contributed by atoms with van der Waals surface area (Å²) in [5.74, 6) is 0. The normalized spacial score (nSPS) is 0. The van der Waals surface area contributed by atoms with Crippen LogP contribution in [-0.2, 0) is 19.5 Å². The van der Waals surface area contributed by atoms with Gasteiger partial charge in [0.15, 0.2) is 0 Å². The van der Waals surface area contributed by atoms with Gasteiger partial charge in [0.1, 0.15) is 0 Å². The van der Waals surface area contributed by atoms with Crippen molar-refractivity contribution in [3.8, 4) is 0 Å². The third-order valence-electron chi connectivity index (χ3n) is 0. The first-order valence-electron chi connectivity index (χ1n) is 0. The van der Waals surface area contributed by atoms with Gasteiger partial charge >= 0.3 is 59.1 Å². The largest absolute Gasteiger partial charge is 1.00 e. The van der Waals surface area contributed by atoms with Crippen LogP contribution in [0.4, 0.5) is 0 Å². The Morgan fingerprint density at radius 3 is 1.00 bits per heavy atom. The Kier molecular flexibility index (Phi) is 120. The second kappa shape index (κ2) is 16.8. The van der Waals surface area contributed by atoms with E-state index in [0.717, 1.165) is 0 Å². The molecule has 0 radical (unpaired) electrons. The molecule has 14 valence electrons. The first-order valence-corrected chi connectivity index (χ1v) is 0. The Labute approximate surface area is 92.2 Å². The van der Waals surface area contributed by atoms with Crippen molar-refractivity contribution in [2.24, 2.45) is 0 Å². The molecule has 0 aliphatic carbocycles. The van der Waals surface area contributed by atoms with E-state index in [1.165, 1.54) is 0 Å². The van der Waals surface area contributed by atoms with E-state index in [0.29, 0.717) is 0 Å². The van der Waals surface area contributed by atoms with Gasteiger partial charge in [-0.1, -0.05) is 0 Å². The second-order valence-electron chi connectivity index (χ2n) is 0. The summed E-state index contributed by atoms with van der Waals surface area (Å²) < 4.78 is 0. The van der Waals surface area contributed by atoms with Crippen LogP contribution in [0.15, 0.2) is 0 Å². The summed E-state index contributed by atoms with van der Waals surface area (Å²) in [7, 11) is 0. The number of rotatable bonds is 0. The average Bonchev–Trinajstić information content (AvgIpc) is 0. The SMILES string of the molecule is Cl.[H-].[H-].[Na+].[Na+].[Zn]. The molecule has 0 aromatic rings. The summed E-state index contributed by atoms with van der Waals surface area (Å²) in [6, 6.07) is 0. The summed E-state index contributed by atoms with van der Waals surface area (Å²) in [5, 5.41) is 0. The molecule has 4 heteroatoms. The molecule has 0 heterocycles. The molecule has 0 rings (SSSR count). The predicted octanol–water partition coefficient (Wildman–Crippen LogP) is -5.35. The minimum atomic E-state index is 0. The third-order valence-corrected chi connectivity index (χ3v) is 0. The zero-order chi connectivity index (χ0) is 0. The second-order valence-corrected chi connectivity index (χ2v) is 0. The number of hydrogen-bond acceptors (Lipinski definition) is 0. The van der Waals surface area contributed by atoms with Crippen molar-refractivity contribution in [3.05, 3.63) is 0 Å². The molecule has 0 N–H and O–H groups in total. The molecule has 0 atom stereocenters. The van der Waals surface area contributed by atoms with Gasteiger partial charge in [-0.15, -0.1) is 12.4 Å². The summed E-state index contributed by atoms with van der Waals surface area (Å²) in [4.78, 5) is 0. The molecule has 0 spiro atoms. The number of hydrogen-bond donors (Lipinski definition) is 0. The molecule has 0 unspecified atom stereocenters. The molecule has 0 amide bonds. The molecule has 0 aliphatic rings. The van der Waals surface area contributed by atoms with E-state index in [-0.39, 0.29) is 93.9 Å². The van der Waals surface area contributed by atoms with Crippen molar-refractivity contribution in [1.29, 1.82) is 0 Å². The fourth-order valence-electron chi connectivity index (χ4n) is 0. The summed E-state index contributed by atoms with van der Waals surface area (Å²) in [6.45, 7) is 0. The van der Waals surface area contributed by atoms with Gasteiger partial charge in [0.25, 0.3) is 0 Å². The zero-order valence-corrected chi connectivity index (χ0v) is 10.9. The van der Waals surface area contributed by atoms with E-state index in [1.807, 2.05) is 0 Å². The maximum absolute atomic E-state index is 0. The Hall–Kier alpha value is 2.91. The van der Waals surface area contributed by atoms with E-state index in [1.54, 1.807) is 0 Å². The molecular formula is H3ClNa2Zn. The van der Waals surface area contributed by atoms with Gasteiger partial charge < -0.3 is 2.85 Å². The van der Waals surface area contributed by atoms with Crippen LogP contribution in [0.2, 0.25) is 0 Å². The molecule has 0 saturated carbocycles. The Bertz CT molecular complexity index is 11.5. The maximum Gasteiger partial charge on any atom is 1.00 e. The Balaban J connectivity index is 0. The topological polar surface area (TPSA) is 0 Å². The molecule has 4 heavy (non-hydrogen) atoms. The Morgan fingerprint density at radius 1 is 1.00 bits per heavy atom. The van der Waals surface area contributed by atoms with Crippen LogP contribution in [0.25, 0.3) is 0 Å². The van der Waals surface area contributed by atoms with E-state index < -0.39 is 0 Å². The van der Waals surface area contributed by atoms with Crippen molar-refractivity contribution >= 4 is 12.4 Å².